The first kappa shape index (κ1) is 19.5. The number of halogens is 1. The summed E-state index contributed by atoms with van der Waals surface area (Å²) in [6.07, 6.45) is 3.27. The van der Waals surface area contributed by atoms with Gasteiger partial charge in [-0.3, -0.25) is 4.79 Å². The van der Waals surface area contributed by atoms with Gasteiger partial charge in [0.1, 0.15) is 29.9 Å². The van der Waals surface area contributed by atoms with Gasteiger partial charge in [0, 0.05) is 6.54 Å². The van der Waals surface area contributed by atoms with Crippen LogP contribution in [0, 0.1) is 5.82 Å². The fourth-order valence-corrected chi connectivity index (χ4v) is 2.67. The average Bonchev–Trinajstić information content (AvgIpc) is 3.20. The van der Waals surface area contributed by atoms with Crippen molar-refractivity contribution in [2.75, 3.05) is 6.54 Å². The summed E-state index contributed by atoms with van der Waals surface area (Å²) in [4.78, 5) is 12.3. The number of aryl methyl sites for hydroxylation is 1. The number of ether oxygens (including phenoxy) is 1. The zero-order valence-corrected chi connectivity index (χ0v) is 15.7. The van der Waals surface area contributed by atoms with Crippen LogP contribution in [0.25, 0.3) is 0 Å². The van der Waals surface area contributed by atoms with Crippen molar-refractivity contribution in [3.05, 3.63) is 77.9 Å². The Balaban J connectivity index is 1.41. The molecule has 2 aromatic carbocycles. The summed E-state index contributed by atoms with van der Waals surface area (Å²) < 4.78 is 20.1. The molecule has 1 aromatic heterocycles. The number of aromatic nitrogens is 3. The fourth-order valence-electron chi connectivity index (χ4n) is 2.67. The number of hydrogen-bond donors (Lipinski definition) is 1. The van der Waals surface area contributed by atoms with E-state index in [2.05, 4.69) is 15.6 Å². The van der Waals surface area contributed by atoms with E-state index in [1.165, 1.54) is 16.8 Å². The van der Waals surface area contributed by atoms with Crippen molar-refractivity contribution in [2.45, 2.75) is 32.4 Å². The second-order valence-corrected chi connectivity index (χ2v) is 6.49. The Hall–Kier alpha value is -3.22. The number of hydrogen-bond acceptors (Lipinski definition) is 4. The minimum absolute atomic E-state index is 0.125. The van der Waals surface area contributed by atoms with Gasteiger partial charge in [-0.05, 0) is 49.6 Å². The molecule has 1 N–H and O–H groups in total. The molecule has 1 atom stereocenters. The van der Waals surface area contributed by atoms with Crippen molar-refractivity contribution in [3.8, 4) is 5.75 Å². The van der Waals surface area contributed by atoms with Crippen LogP contribution >= 0.6 is 0 Å². The lowest BCUT2D eigenvalue weighted by atomic mass is 10.1. The molecule has 7 heteroatoms. The van der Waals surface area contributed by atoms with Crippen LogP contribution in [-0.2, 0) is 17.8 Å². The van der Waals surface area contributed by atoms with Crippen molar-refractivity contribution in [1.82, 2.24) is 20.3 Å². The minimum Gasteiger partial charge on any atom is -0.487 e. The molecule has 1 amide bonds. The number of rotatable bonds is 9. The van der Waals surface area contributed by atoms with Gasteiger partial charge >= 0.3 is 0 Å². The van der Waals surface area contributed by atoms with E-state index in [4.69, 9.17) is 4.74 Å². The topological polar surface area (TPSA) is 69.0 Å². The molecule has 0 radical (unpaired) electrons. The summed E-state index contributed by atoms with van der Waals surface area (Å²) in [5, 5.41) is 11.0. The quantitative estimate of drug-likeness (QED) is 0.577. The second-order valence-electron chi connectivity index (χ2n) is 6.49. The van der Waals surface area contributed by atoms with Crippen LogP contribution < -0.4 is 10.1 Å². The van der Waals surface area contributed by atoms with Crippen molar-refractivity contribution in [3.63, 3.8) is 0 Å². The van der Waals surface area contributed by atoms with Gasteiger partial charge in [0.25, 0.3) is 0 Å². The molecule has 146 valence electrons. The first-order valence-corrected chi connectivity index (χ1v) is 9.22. The normalized spacial score (nSPS) is 11.8. The molecule has 0 saturated carbocycles. The highest BCUT2D eigenvalue weighted by atomic mass is 19.1. The van der Waals surface area contributed by atoms with Crippen molar-refractivity contribution in [2.24, 2.45) is 0 Å². The highest BCUT2D eigenvalue weighted by Crippen LogP contribution is 2.11. The second kappa shape index (κ2) is 9.64. The molecule has 1 heterocycles. The number of carbonyl (C=O) groups is 1. The molecule has 0 aliphatic heterocycles. The molecule has 0 bridgehead atoms. The van der Waals surface area contributed by atoms with E-state index in [9.17, 15) is 9.18 Å². The third-order valence-electron chi connectivity index (χ3n) is 4.32. The Kier molecular flexibility index (Phi) is 6.73. The van der Waals surface area contributed by atoms with Crippen LogP contribution in [0.5, 0.6) is 5.75 Å². The predicted octanol–water partition coefficient (Wildman–Crippen LogP) is 3.31. The molecule has 0 fully saturated rings. The van der Waals surface area contributed by atoms with E-state index in [1.807, 2.05) is 30.3 Å². The van der Waals surface area contributed by atoms with Gasteiger partial charge in [0.2, 0.25) is 5.91 Å². The molecule has 0 spiro atoms. The van der Waals surface area contributed by atoms with E-state index < -0.39 is 6.04 Å². The Morgan fingerprint density at radius 3 is 2.68 bits per heavy atom. The van der Waals surface area contributed by atoms with Gasteiger partial charge in [0.15, 0.2) is 0 Å². The van der Waals surface area contributed by atoms with E-state index in [1.54, 1.807) is 25.3 Å². The van der Waals surface area contributed by atoms with Crippen LogP contribution in [0.3, 0.4) is 0 Å². The maximum absolute atomic E-state index is 12.9. The average molecular weight is 382 g/mol. The van der Waals surface area contributed by atoms with Gasteiger partial charge < -0.3 is 10.1 Å². The fraction of sp³-hybridized carbons (Fsp3) is 0.286. The number of carbonyl (C=O) groups excluding carboxylic acids is 1. The molecule has 3 rings (SSSR count). The summed E-state index contributed by atoms with van der Waals surface area (Å²) in [6.45, 7) is 2.60. The van der Waals surface area contributed by atoms with Gasteiger partial charge in [-0.25, -0.2) is 9.07 Å². The molecule has 0 aliphatic carbocycles. The molecule has 6 nitrogen and oxygen atoms in total. The summed E-state index contributed by atoms with van der Waals surface area (Å²) in [5.74, 6) is 0.385. The highest BCUT2D eigenvalue weighted by Gasteiger charge is 2.16. The lowest BCUT2D eigenvalue weighted by Gasteiger charge is -2.12. The van der Waals surface area contributed by atoms with E-state index in [-0.39, 0.29) is 18.3 Å². The zero-order chi connectivity index (χ0) is 19.8. The largest absolute Gasteiger partial charge is 0.487 e. The minimum atomic E-state index is -0.469. The lowest BCUT2D eigenvalue weighted by molar-refractivity contribution is -0.124. The molecule has 28 heavy (non-hydrogen) atoms. The van der Waals surface area contributed by atoms with Gasteiger partial charge in [-0.15, -0.1) is 5.10 Å². The monoisotopic (exact) mass is 382 g/mol. The molecule has 0 saturated heterocycles. The smallest absolute Gasteiger partial charge is 0.244 e. The van der Waals surface area contributed by atoms with Crippen LogP contribution in [-0.4, -0.2) is 27.4 Å². The van der Waals surface area contributed by atoms with Crippen molar-refractivity contribution >= 4 is 5.91 Å². The standard InChI is InChI=1S/C21H23FN4O2/c1-16(21(27)23-13-5-6-17-9-11-18(22)12-10-17)26-14-19(24-25-26)15-28-20-7-3-2-4-8-20/h2-4,7-12,14,16H,5-6,13,15H2,1H3,(H,23,27)/t16-/m0/s1. The third kappa shape index (κ3) is 5.64. The van der Waals surface area contributed by atoms with E-state index >= 15 is 0 Å². The van der Waals surface area contributed by atoms with Crippen molar-refractivity contribution < 1.29 is 13.9 Å². The summed E-state index contributed by atoms with van der Waals surface area (Å²) in [5.41, 5.74) is 1.70. The molecule has 0 aliphatic rings. The van der Waals surface area contributed by atoms with Crippen LogP contribution in [0.2, 0.25) is 0 Å². The van der Waals surface area contributed by atoms with Gasteiger partial charge in [-0.1, -0.05) is 35.5 Å². The number of para-hydroxylation sites is 1. The number of nitrogens with zero attached hydrogens (tertiary/aromatic N) is 3. The third-order valence-corrected chi connectivity index (χ3v) is 4.32. The number of amides is 1. The highest BCUT2D eigenvalue weighted by molar-refractivity contribution is 5.79. The van der Waals surface area contributed by atoms with Crippen LogP contribution in [0.15, 0.2) is 60.8 Å². The Labute approximate surface area is 163 Å². The number of nitrogens with one attached hydrogen (secondary N) is 1. The van der Waals surface area contributed by atoms with E-state index in [0.717, 1.165) is 24.2 Å². The first-order valence-electron chi connectivity index (χ1n) is 9.22. The lowest BCUT2D eigenvalue weighted by Crippen LogP contribution is -2.32. The summed E-state index contributed by atoms with van der Waals surface area (Å²) >= 11 is 0. The number of benzene rings is 2. The van der Waals surface area contributed by atoms with E-state index in [0.29, 0.717) is 12.2 Å². The van der Waals surface area contributed by atoms with Gasteiger partial charge in [0.05, 0.1) is 6.20 Å². The van der Waals surface area contributed by atoms with Crippen LogP contribution in [0.4, 0.5) is 4.39 Å². The zero-order valence-electron chi connectivity index (χ0n) is 15.7. The Morgan fingerprint density at radius 2 is 1.93 bits per heavy atom. The van der Waals surface area contributed by atoms with Gasteiger partial charge in [-0.2, -0.15) is 0 Å². The van der Waals surface area contributed by atoms with Crippen molar-refractivity contribution in [1.29, 1.82) is 0 Å². The Morgan fingerprint density at radius 1 is 1.18 bits per heavy atom. The molecule has 0 unspecified atom stereocenters. The maximum atomic E-state index is 12.9. The SMILES string of the molecule is C[C@@H](C(=O)NCCCc1ccc(F)cc1)n1cc(COc2ccccc2)nn1. The summed E-state index contributed by atoms with van der Waals surface area (Å²) in [6, 6.07) is 15.4. The molecular formula is C21H23FN4O2. The predicted molar refractivity (Wildman–Crippen MR) is 103 cm³/mol. The Bertz CT molecular complexity index is 881. The first-order chi connectivity index (χ1) is 13.6. The summed E-state index contributed by atoms with van der Waals surface area (Å²) in [7, 11) is 0. The molecule has 3 aromatic rings. The van der Waals surface area contributed by atoms with Crippen LogP contribution in [0.1, 0.15) is 30.6 Å². The maximum Gasteiger partial charge on any atom is 0.244 e. The molecular weight excluding hydrogens is 359 g/mol.